The van der Waals surface area contributed by atoms with Crippen molar-refractivity contribution in [3.05, 3.63) is 0 Å². The Kier molecular flexibility index (Phi) is 5.01. The number of rotatable bonds is 6. The van der Waals surface area contributed by atoms with E-state index in [-0.39, 0.29) is 25.7 Å². The number of carbonyl (C=O) groups is 2. The van der Waals surface area contributed by atoms with E-state index in [2.05, 4.69) is 0 Å². The smallest absolute Gasteiger partial charge is 0.454 e. The molecule has 4 saturated carbocycles. The van der Waals surface area contributed by atoms with Crippen LogP contribution in [0.2, 0.25) is 0 Å². The fraction of sp³-hybridized carbons (Fsp3) is 0.857. The Balaban J connectivity index is 1.87. The molecule has 0 aromatic rings. The highest BCUT2D eigenvalue weighted by Crippen LogP contribution is 2.60. The molecule has 0 saturated heterocycles. The molecule has 0 radical (unpaired) electrons. The molecule has 0 aromatic heterocycles. The first-order valence-corrected chi connectivity index (χ1v) is 11.4. The molecule has 0 unspecified atom stereocenters. The fourth-order valence-electron chi connectivity index (χ4n) is 5.06. The molecule has 172 valence electrons. The van der Waals surface area contributed by atoms with Crippen molar-refractivity contribution >= 4 is 32.2 Å². The van der Waals surface area contributed by atoms with Crippen molar-refractivity contribution in [1.82, 2.24) is 0 Å². The van der Waals surface area contributed by atoms with Gasteiger partial charge in [0.15, 0.2) is 0 Å². The number of alkyl halides is 4. The van der Waals surface area contributed by atoms with Gasteiger partial charge in [-0.05, 0) is 43.9 Å². The van der Waals surface area contributed by atoms with Gasteiger partial charge >= 0.3 is 42.7 Å². The predicted octanol–water partition coefficient (Wildman–Crippen LogP) is 1.13. The van der Waals surface area contributed by atoms with E-state index in [1.165, 1.54) is 0 Å². The van der Waals surface area contributed by atoms with Gasteiger partial charge in [0, 0.05) is 6.42 Å². The topological polar surface area (TPSA) is 161 Å². The Bertz CT molecular complexity index is 900. The lowest BCUT2D eigenvalue weighted by atomic mass is 9.52. The van der Waals surface area contributed by atoms with E-state index in [4.69, 9.17) is 18.6 Å². The van der Waals surface area contributed by atoms with E-state index < -0.39 is 72.1 Å². The number of ether oxygens (including phenoxy) is 2. The highest BCUT2D eigenvalue weighted by atomic mass is 32.2. The molecule has 2 N–H and O–H groups in total. The minimum atomic E-state index is -6.14. The highest BCUT2D eigenvalue weighted by molar-refractivity contribution is 7.88. The number of hydrogen-bond donors (Lipinski definition) is 2. The van der Waals surface area contributed by atoms with Crippen LogP contribution in [-0.2, 0) is 39.3 Å². The summed E-state index contributed by atoms with van der Waals surface area (Å²) in [5.41, 5.74) is -3.58. The van der Waals surface area contributed by atoms with E-state index in [1.807, 2.05) is 0 Å². The molecule has 30 heavy (non-hydrogen) atoms. The molecular weight excluding hydrogens is 468 g/mol. The molecule has 16 heteroatoms. The van der Waals surface area contributed by atoms with Gasteiger partial charge in [-0.25, -0.2) is 9.59 Å². The lowest BCUT2D eigenvalue weighted by molar-refractivity contribution is -0.242. The van der Waals surface area contributed by atoms with Gasteiger partial charge in [0.25, 0.3) is 0 Å². The van der Waals surface area contributed by atoms with E-state index >= 15 is 0 Å². The third-order valence-corrected chi connectivity index (χ3v) is 7.32. The standard InChI is InChI=1S/C14H16F4O10S2/c15-13(16,29(21,22)23)9(19)27-11-2-7-1-8(4-11)5-12(3-7,6-11)28-10(20)14(17,18)30(24,25)26/h7-8H,1-6H2,(H,21,22,23)(H,24,25,26). The molecule has 0 amide bonds. The van der Waals surface area contributed by atoms with Crippen LogP contribution in [0.3, 0.4) is 0 Å². The molecule has 4 rings (SSSR count). The number of esters is 2. The zero-order valence-electron chi connectivity index (χ0n) is 14.9. The largest absolute Gasteiger partial charge is 0.465 e. The fourth-order valence-corrected chi connectivity index (χ4v) is 5.56. The average Bonchev–Trinajstić information content (AvgIpc) is 2.50. The maximum absolute atomic E-state index is 13.6. The summed E-state index contributed by atoms with van der Waals surface area (Å²) < 4.78 is 124. The van der Waals surface area contributed by atoms with E-state index in [1.54, 1.807) is 0 Å². The van der Waals surface area contributed by atoms with Crippen molar-refractivity contribution in [3.8, 4) is 0 Å². The molecule has 0 aromatic carbocycles. The Hall–Kier alpha value is -1.52. The Morgan fingerprint density at radius 1 is 0.767 bits per heavy atom. The third kappa shape index (κ3) is 3.67. The first kappa shape index (κ1) is 23.1. The predicted molar refractivity (Wildman–Crippen MR) is 85.3 cm³/mol. The SMILES string of the molecule is O=C(OC12CC3CC(C1)CC(OC(=O)C(F)(F)S(=O)(=O)O)(C3)C2)C(F)(F)S(=O)(=O)O. The molecule has 10 nitrogen and oxygen atoms in total. The van der Waals surface area contributed by atoms with Crippen LogP contribution in [0.1, 0.15) is 38.5 Å². The Morgan fingerprint density at radius 2 is 1.07 bits per heavy atom. The Morgan fingerprint density at radius 3 is 1.33 bits per heavy atom. The van der Waals surface area contributed by atoms with Crippen molar-refractivity contribution in [2.24, 2.45) is 11.8 Å². The molecule has 0 heterocycles. The van der Waals surface area contributed by atoms with Gasteiger partial charge in [-0.3, -0.25) is 9.11 Å². The molecule has 0 atom stereocenters. The maximum atomic E-state index is 13.6. The summed E-state index contributed by atoms with van der Waals surface area (Å²) in [5, 5.41) is -10.6. The van der Waals surface area contributed by atoms with Gasteiger partial charge in [0.05, 0.1) is 0 Å². The van der Waals surface area contributed by atoms with Crippen LogP contribution in [0.5, 0.6) is 0 Å². The molecule has 4 aliphatic carbocycles. The second kappa shape index (κ2) is 6.49. The van der Waals surface area contributed by atoms with E-state index in [9.17, 15) is 44.0 Å². The van der Waals surface area contributed by atoms with Crippen LogP contribution in [0.4, 0.5) is 17.6 Å². The van der Waals surface area contributed by atoms with E-state index in [0.717, 1.165) is 0 Å². The molecular formula is C14H16F4O10S2. The normalized spacial score (nSPS) is 33.9. The van der Waals surface area contributed by atoms with E-state index in [0.29, 0.717) is 6.42 Å². The van der Waals surface area contributed by atoms with Gasteiger partial charge in [-0.2, -0.15) is 34.4 Å². The molecule has 4 fully saturated rings. The van der Waals surface area contributed by atoms with Crippen molar-refractivity contribution in [1.29, 1.82) is 0 Å². The lowest BCUT2D eigenvalue weighted by Gasteiger charge is -2.60. The van der Waals surface area contributed by atoms with Crippen LogP contribution in [-0.4, -0.2) is 59.6 Å². The van der Waals surface area contributed by atoms with Gasteiger partial charge in [0.1, 0.15) is 11.2 Å². The summed E-state index contributed by atoms with van der Waals surface area (Å²) in [6, 6.07) is 0. The van der Waals surface area contributed by atoms with Crippen LogP contribution >= 0.6 is 0 Å². The summed E-state index contributed by atoms with van der Waals surface area (Å²) in [6.45, 7) is 0. The second-order valence-corrected chi connectivity index (χ2v) is 11.0. The van der Waals surface area contributed by atoms with Crippen LogP contribution in [0.25, 0.3) is 0 Å². The lowest BCUT2D eigenvalue weighted by Crippen LogP contribution is -2.63. The first-order chi connectivity index (χ1) is 13.3. The van der Waals surface area contributed by atoms with Crippen LogP contribution < -0.4 is 0 Å². The number of carbonyl (C=O) groups excluding carboxylic acids is 2. The summed E-state index contributed by atoms with van der Waals surface area (Å²) in [7, 11) is -12.3. The first-order valence-electron chi connectivity index (χ1n) is 8.49. The zero-order valence-corrected chi connectivity index (χ0v) is 16.5. The van der Waals surface area contributed by atoms with Gasteiger partial charge in [0.2, 0.25) is 0 Å². The maximum Gasteiger partial charge on any atom is 0.465 e. The van der Waals surface area contributed by atoms with Crippen molar-refractivity contribution in [2.75, 3.05) is 0 Å². The molecule has 4 bridgehead atoms. The summed E-state index contributed by atoms with van der Waals surface area (Å²) in [4.78, 5) is 23.5. The molecule has 0 aliphatic heterocycles. The zero-order chi connectivity index (χ0) is 23.0. The average molecular weight is 484 g/mol. The highest BCUT2D eigenvalue weighted by Gasteiger charge is 2.66. The summed E-state index contributed by atoms with van der Waals surface area (Å²) >= 11 is 0. The van der Waals surface area contributed by atoms with Crippen LogP contribution in [0, 0.1) is 11.8 Å². The van der Waals surface area contributed by atoms with Crippen molar-refractivity contribution < 1.29 is 62.6 Å². The summed E-state index contributed by atoms with van der Waals surface area (Å²) in [5.74, 6) is -6.02. The molecule has 0 spiro atoms. The third-order valence-electron chi connectivity index (χ3n) is 5.70. The van der Waals surface area contributed by atoms with Crippen molar-refractivity contribution in [3.63, 3.8) is 0 Å². The molecule has 4 aliphatic rings. The van der Waals surface area contributed by atoms with Crippen molar-refractivity contribution in [2.45, 2.75) is 60.2 Å². The Labute approximate surface area is 167 Å². The number of halogens is 4. The quantitative estimate of drug-likeness (QED) is 0.317. The number of hydrogen-bond acceptors (Lipinski definition) is 8. The van der Waals surface area contributed by atoms with Gasteiger partial charge < -0.3 is 9.47 Å². The monoisotopic (exact) mass is 484 g/mol. The van der Waals surface area contributed by atoms with Gasteiger partial charge in [-0.15, -0.1) is 0 Å². The van der Waals surface area contributed by atoms with Crippen LogP contribution in [0.15, 0.2) is 0 Å². The minimum Gasteiger partial charge on any atom is -0.454 e. The minimum absolute atomic E-state index is 0.0508. The van der Waals surface area contributed by atoms with Gasteiger partial charge in [-0.1, -0.05) is 0 Å². The summed E-state index contributed by atoms with van der Waals surface area (Å²) in [6.07, 6.45) is -0.305. The second-order valence-electron chi connectivity index (χ2n) is 8.09.